The number of rotatable bonds is 5. The molecule has 1 aromatic heterocycles. The summed E-state index contributed by atoms with van der Waals surface area (Å²) in [6.45, 7) is 3.28. The lowest BCUT2D eigenvalue weighted by atomic mass is 10.2. The minimum absolute atomic E-state index is 0.243. The summed E-state index contributed by atoms with van der Waals surface area (Å²) in [6, 6.07) is 0. The van der Waals surface area contributed by atoms with Crippen LogP contribution in [0.15, 0.2) is 4.99 Å². The van der Waals surface area contributed by atoms with Gasteiger partial charge in [-0.05, 0) is 25.7 Å². The van der Waals surface area contributed by atoms with Crippen molar-refractivity contribution in [3.8, 4) is 0 Å². The van der Waals surface area contributed by atoms with E-state index in [9.17, 15) is 0 Å². The Balaban J connectivity index is 1.44. The third-order valence-electron chi connectivity index (χ3n) is 4.33. The summed E-state index contributed by atoms with van der Waals surface area (Å²) < 4.78 is 7.80. The zero-order chi connectivity index (χ0) is 15.2. The van der Waals surface area contributed by atoms with Crippen LogP contribution >= 0.6 is 0 Å². The van der Waals surface area contributed by atoms with Crippen LogP contribution in [0.2, 0.25) is 0 Å². The summed E-state index contributed by atoms with van der Waals surface area (Å²) in [5, 5.41) is 11.8. The number of aliphatic imine (C=N–C) groups is 1. The lowest BCUT2D eigenvalue weighted by Crippen LogP contribution is -2.34. The third kappa shape index (κ3) is 3.97. The van der Waals surface area contributed by atoms with Crippen molar-refractivity contribution >= 4 is 5.96 Å². The van der Waals surface area contributed by atoms with Crippen molar-refractivity contribution in [2.45, 2.75) is 57.6 Å². The molecule has 3 N–H and O–H groups in total. The van der Waals surface area contributed by atoms with Gasteiger partial charge in [0.05, 0.1) is 12.6 Å². The Morgan fingerprint density at radius 3 is 3.14 bits per heavy atom. The zero-order valence-corrected chi connectivity index (χ0v) is 13.1. The Labute approximate surface area is 131 Å². The Morgan fingerprint density at radius 2 is 2.27 bits per heavy atom. The molecule has 2 aliphatic heterocycles. The lowest BCUT2D eigenvalue weighted by Gasteiger charge is -2.09. The van der Waals surface area contributed by atoms with Gasteiger partial charge in [-0.1, -0.05) is 6.42 Å². The molecule has 0 amide bonds. The summed E-state index contributed by atoms with van der Waals surface area (Å²) in [6.07, 6.45) is 8.05. The average molecular weight is 306 g/mol. The summed E-state index contributed by atoms with van der Waals surface area (Å²) in [4.78, 5) is 4.34. The molecule has 7 nitrogen and oxygen atoms in total. The van der Waals surface area contributed by atoms with Gasteiger partial charge in [-0.3, -0.25) is 4.99 Å². The smallest absolute Gasteiger partial charge is 0.188 e. The molecule has 1 aromatic rings. The lowest BCUT2D eigenvalue weighted by molar-refractivity contribution is 0.118. The van der Waals surface area contributed by atoms with E-state index in [-0.39, 0.29) is 6.10 Å². The number of guanidine groups is 1. The van der Waals surface area contributed by atoms with Crippen molar-refractivity contribution in [3.63, 3.8) is 0 Å². The van der Waals surface area contributed by atoms with E-state index in [0.717, 1.165) is 57.0 Å². The van der Waals surface area contributed by atoms with Crippen molar-refractivity contribution in [1.82, 2.24) is 20.1 Å². The molecule has 1 fully saturated rings. The number of hydrogen-bond acceptors (Lipinski definition) is 4. The molecule has 3 heterocycles. The van der Waals surface area contributed by atoms with Gasteiger partial charge in [-0.15, -0.1) is 10.2 Å². The topological polar surface area (TPSA) is 90.3 Å². The maximum atomic E-state index is 5.89. The standard InChI is InChI=1S/C15H26N6O/c16-15(18-11-12-5-4-10-22-12)17-8-7-14-20-19-13-6-2-1-3-9-21(13)14/h12H,1-11H2,(H3,16,17,18)/t12-/m0/s1. The quantitative estimate of drug-likeness (QED) is 0.615. The van der Waals surface area contributed by atoms with Crippen LogP contribution in [0.5, 0.6) is 0 Å². The van der Waals surface area contributed by atoms with Crippen molar-refractivity contribution in [2.24, 2.45) is 10.7 Å². The molecule has 1 atom stereocenters. The molecule has 0 bridgehead atoms. The van der Waals surface area contributed by atoms with Crippen LogP contribution in [0, 0.1) is 0 Å². The summed E-state index contributed by atoms with van der Waals surface area (Å²) in [7, 11) is 0. The highest BCUT2D eigenvalue weighted by atomic mass is 16.5. The number of fused-ring (bicyclic) bond motifs is 1. The fourth-order valence-corrected chi connectivity index (χ4v) is 3.08. The van der Waals surface area contributed by atoms with Crippen molar-refractivity contribution in [1.29, 1.82) is 0 Å². The second kappa shape index (κ2) is 7.58. The molecule has 7 heteroatoms. The van der Waals surface area contributed by atoms with Crippen LogP contribution in [0.3, 0.4) is 0 Å². The van der Waals surface area contributed by atoms with E-state index in [1.54, 1.807) is 0 Å². The maximum Gasteiger partial charge on any atom is 0.188 e. The van der Waals surface area contributed by atoms with E-state index in [4.69, 9.17) is 10.5 Å². The van der Waals surface area contributed by atoms with Crippen molar-refractivity contribution in [3.05, 3.63) is 11.6 Å². The Morgan fingerprint density at radius 1 is 1.32 bits per heavy atom. The minimum atomic E-state index is 0.243. The highest BCUT2D eigenvalue weighted by molar-refractivity contribution is 5.77. The molecule has 22 heavy (non-hydrogen) atoms. The largest absolute Gasteiger partial charge is 0.376 e. The van der Waals surface area contributed by atoms with Gasteiger partial charge in [0.15, 0.2) is 5.96 Å². The molecular weight excluding hydrogens is 280 g/mol. The number of aromatic nitrogens is 3. The molecule has 0 aliphatic carbocycles. The molecule has 2 aliphatic rings. The van der Waals surface area contributed by atoms with Crippen LogP contribution < -0.4 is 11.1 Å². The molecule has 122 valence electrons. The molecule has 0 aromatic carbocycles. The second-order valence-corrected chi connectivity index (χ2v) is 6.03. The van der Waals surface area contributed by atoms with Crippen molar-refractivity contribution in [2.75, 3.05) is 19.7 Å². The Kier molecular flexibility index (Phi) is 5.26. The molecule has 0 unspecified atom stereocenters. The number of nitrogens with two attached hydrogens (primary N) is 1. The molecule has 0 saturated carbocycles. The number of hydrogen-bond donors (Lipinski definition) is 2. The predicted octanol–water partition coefficient (Wildman–Crippen LogP) is 0.630. The number of aryl methyl sites for hydroxylation is 1. The number of ether oxygens (including phenoxy) is 1. The van der Waals surface area contributed by atoms with E-state index in [1.165, 1.54) is 19.3 Å². The fraction of sp³-hybridized carbons (Fsp3) is 0.800. The zero-order valence-electron chi connectivity index (χ0n) is 13.1. The molecule has 0 spiro atoms. The van der Waals surface area contributed by atoms with Gasteiger partial charge in [-0.25, -0.2) is 0 Å². The first-order valence-corrected chi connectivity index (χ1v) is 8.39. The van der Waals surface area contributed by atoms with E-state index in [2.05, 4.69) is 25.1 Å². The number of nitrogens with one attached hydrogen (secondary N) is 1. The molecule has 0 radical (unpaired) electrons. The van der Waals surface area contributed by atoms with Crippen LogP contribution in [-0.2, 0) is 24.1 Å². The average Bonchev–Trinajstić information content (AvgIpc) is 3.11. The molecule has 1 saturated heterocycles. The van der Waals surface area contributed by atoms with E-state index < -0.39 is 0 Å². The third-order valence-corrected chi connectivity index (χ3v) is 4.33. The number of nitrogens with zero attached hydrogens (tertiary/aromatic N) is 4. The van der Waals surface area contributed by atoms with Crippen LogP contribution in [0.4, 0.5) is 0 Å². The fourth-order valence-electron chi connectivity index (χ4n) is 3.08. The van der Waals surface area contributed by atoms with Gasteiger partial charge in [0.1, 0.15) is 11.6 Å². The van der Waals surface area contributed by atoms with Gasteiger partial charge < -0.3 is 20.4 Å². The van der Waals surface area contributed by atoms with Crippen LogP contribution in [0.1, 0.15) is 43.8 Å². The monoisotopic (exact) mass is 306 g/mol. The van der Waals surface area contributed by atoms with Gasteiger partial charge in [-0.2, -0.15) is 0 Å². The van der Waals surface area contributed by atoms with E-state index >= 15 is 0 Å². The first-order valence-electron chi connectivity index (χ1n) is 8.39. The summed E-state index contributed by atoms with van der Waals surface area (Å²) >= 11 is 0. The van der Waals surface area contributed by atoms with Gasteiger partial charge in [0.2, 0.25) is 0 Å². The molecular formula is C15H26N6O. The predicted molar refractivity (Wildman–Crippen MR) is 84.7 cm³/mol. The van der Waals surface area contributed by atoms with Crippen LogP contribution in [-0.4, -0.2) is 46.5 Å². The van der Waals surface area contributed by atoms with Crippen molar-refractivity contribution < 1.29 is 4.74 Å². The summed E-state index contributed by atoms with van der Waals surface area (Å²) in [5.74, 6) is 2.68. The first-order chi connectivity index (χ1) is 10.8. The Bertz CT molecular complexity index is 506. The normalized spacial score (nSPS) is 22.4. The Hall–Kier alpha value is -1.63. The minimum Gasteiger partial charge on any atom is -0.376 e. The van der Waals surface area contributed by atoms with Gasteiger partial charge in [0.25, 0.3) is 0 Å². The highest BCUT2D eigenvalue weighted by Crippen LogP contribution is 2.14. The molecule has 3 rings (SSSR count). The van der Waals surface area contributed by atoms with Gasteiger partial charge >= 0.3 is 0 Å². The van der Waals surface area contributed by atoms with Gasteiger partial charge in [0, 0.05) is 32.5 Å². The summed E-state index contributed by atoms with van der Waals surface area (Å²) in [5.41, 5.74) is 5.89. The maximum absolute atomic E-state index is 5.89. The van der Waals surface area contributed by atoms with E-state index in [1.807, 2.05) is 0 Å². The first kappa shape index (κ1) is 15.3. The van der Waals surface area contributed by atoms with E-state index in [0.29, 0.717) is 12.5 Å². The van der Waals surface area contributed by atoms with Crippen LogP contribution in [0.25, 0.3) is 0 Å². The highest BCUT2D eigenvalue weighted by Gasteiger charge is 2.15. The second-order valence-electron chi connectivity index (χ2n) is 6.03. The SMILES string of the molecule is NC(=NC[C@@H]1CCCO1)NCCc1nnc2n1CCCCC2.